The first-order valence-electron chi connectivity index (χ1n) is 14.7. The molecule has 5 rings (SSSR count). The van der Waals surface area contributed by atoms with E-state index in [1.54, 1.807) is 24.3 Å². The van der Waals surface area contributed by atoms with Crippen molar-refractivity contribution >= 4 is 11.8 Å². The van der Waals surface area contributed by atoms with Crippen molar-refractivity contribution in [2.75, 3.05) is 47.5 Å². The van der Waals surface area contributed by atoms with Gasteiger partial charge in [-0.1, -0.05) is 42.5 Å². The van der Waals surface area contributed by atoms with E-state index in [-0.39, 0.29) is 35.4 Å². The molecule has 2 saturated heterocycles. The minimum Gasteiger partial charge on any atom is -0.508 e. The fourth-order valence-electron chi connectivity index (χ4n) is 7.01. The highest BCUT2D eigenvalue weighted by Gasteiger charge is 2.51. The third kappa shape index (κ3) is 5.61. The molecule has 9 nitrogen and oxygen atoms in total. The van der Waals surface area contributed by atoms with Crippen molar-refractivity contribution in [3.8, 4) is 23.0 Å². The predicted octanol–water partition coefficient (Wildman–Crippen LogP) is 4.18. The first-order chi connectivity index (χ1) is 20.7. The Balaban J connectivity index is 1.37. The number of amides is 2. The number of hydrogen-bond acceptors (Lipinski definition) is 7. The van der Waals surface area contributed by atoms with Crippen molar-refractivity contribution in [2.24, 2.45) is 11.7 Å². The molecule has 4 unspecified atom stereocenters. The minimum atomic E-state index is -0.876. The number of carbonyl (C=O) groups excluding carboxylic acids is 2. The molecule has 0 aliphatic carbocycles. The molecule has 3 N–H and O–H groups in total. The van der Waals surface area contributed by atoms with E-state index >= 15 is 0 Å². The summed E-state index contributed by atoms with van der Waals surface area (Å²) in [6.45, 7) is 4.81. The Morgan fingerprint density at radius 2 is 1.58 bits per heavy atom. The average molecular weight is 588 g/mol. The largest absolute Gasteiger partial charge is 0.508 e. The van der Waals surface area contributed by atoms with E-state index in [2.05, 4.69) is 11.8 Å². The number of likely N-dealkylation sites (tertiary alicyclic amines) is 2. The molecule has 0 spiro atoms. The Hall–Kier alpha value is -4.24. The summed E-state index contributed by atoms with van der Waals surface area (Å²) in [5.41, 5.74) is 7.71. The Morgan fingerprint density at radius 1 is 0.930 bits per heavy atom. The molecule has 9 heteroatoms. The molecule has 0 radical (unpaired) electrons. The quantitative estimate of drug-likeness (QED) is 0.386. The van der Waals surface area contributed by atoms with Crippen LogP contribution in [-0.4, -0.2) is 80.3 Å². The van der Waals surface area contributed by atoms with Crippen molar-refractivity contribution in [3.05, 3.63) is 83.4 Å². The summed E-state index contributed by atoms with van der Waals surface area (Å²) in [4.78, 5) is 31.2. The number of phenolic OH excluding ortho intramolecular Hbond substituents is 1. The molecular weight excluding hydrogens is 546 g/mol. The zero-order valence-corrected chi connectivity index (χ0v) is 25.3. The number of ether oxygens (including phenoxy) is 3. The lowest BCUT2D eigenvalue weighted by molar-refractivity contribution is -0.126. The van der Waals surface area contributed by atoms with E-state index in [0.717, 1.165) is 17.5 Å². The van der Waals surface area contributed by atoms with Gasteiger partial charge in [0.1, 0.15) is 5.75 Å². The number of piperidine rings is 1. The van der Waals surface area contributed by atoms with Crippen molar-refractivity contribution in [1.82, 2.24) is 9.80 Å². The normalized spacial score (nSPS) is 23.0. The van der Waals surface area contributed by atoms with E-state index in [1.165, 1.54) is 21.3 Å². The Kier molecular flexibility index (Phi) is 8.82. The molecule has 2 heterocycles. The number of phenols is 1. The Bertz CT molecular complexity index is 1420. The second-order valence-electron chi connectivity index (χ2n) is 11.5. The van der Waals surface area contributed by atoms with Gasteiger partial charge in [0.15, 0.2) is 11.5 Å². The zero-order valence-electron chi connectivity index (χ0n) is 25.3. The smallest absolute Gasteiger partial charge is 0.254 e. The number of primary amides is 1. The molecule has 228 valence electrons. The molecule has 2 aliphatic rings. The molecule has 0 saturated carbocycles. The number of rotatable bonds is 9. The number of aromatic hydroxyl groups is 1. The first kappa shape index (κ1) is 30.2. The maximum absolute atomic E-state index is 13.6. The van der Waals surface area contributed by atoms with Gasteiger partial charge in [0, 0.05) is 37.2 Å². The second-order valence-corrected chi connectivity index (χ2v) is 11.5. The van der Waals surface area contributed by atoms with Crippen LogP contribution in [0.3, 0.4) is 0 Å². The maximum atomic E-state index is 13.6. The van der Waals surface area contributed by atoms with Crippen LogP contribution < -0.4 is 19.9 Å². The Morgan fingerprint density at radius 3 is 2.16 bits per heavy atom. The molecule has 0 aromatic heterocycles. The Labute approximate surface area is 253 Å². The van der Waals surface area contributed by atoms with E-state index in [9.17, 15) is 14.7 Å². The number of benzene rings is 3. The molecule has 2 aliphatic heterocycles. The molecule has 3 aromatic carbocycles. The molecule has 4 atom stereocenters. The highest BCUT2D eigenvalue weighted by atomic mass is 16.5. The SMILES string of the molecule is COc1cc(C(=O)N2CCC(C(C)N3CCC(C(N)=O)(c4ccccc4)C(c4ccc(O)cc4)C3)C2)cc(OC)c1OC. The van der Waals surface area contributed by atoms with Crippen molar-refractivity contribution < 1.29 is 28.9 Å². The van der Waals surface area contributed by atoms with Crippen LogP contribution >= 0.6 is 0 Å². The molecular formula is C34H41N3O6. The van der Waals surface area contributed by atoms with Gasteiger partial charge in [-0.2, -0.15) is 0 Å². The molecule has 2 fully saturated rings. The van der Waals surface area contributed by atoms with E-state index in [1.807, 2.05) is 47.4 Å². The highest BCUT2D eigenvalue weighted by Crippen LogP contribution is 2.47. The maximum Gasteiger partial charge on any atom is 0.254 e. The van der Waals surface area contributed by atoms with Crippen LogP contribution in [0.5, 0.6) is 23.0 Å². The summed E-state index contributed by atoms with van der Waals surface area (Å²) >= 11 is 0. The summed E-state index contributed by atoms with van der Waals surface area (Å²) < 4.78 is 16.3. The lowest BCUT2D eigenvalue weighted by atomic mass is 9.62. The van der Waals surface area contributed by atoms with Crippen molar-refractivity contribution in [2.45, 2.75) is 37.1 Å². The minimum absolute atomic E-state index is 0.0774. The lowest BCUT2D eigenvalue weighted by Crippen LogP contribution is -2.57. The van der Waals surface area contributed by atoms with Gasteiger partial charge in [-0.25, -0.2) is 0 Å². The second kappa shape index (κ2) is 12.6. The van der Waals surface area contributed by atoms with E-state index in [0.29, 0.717) is 55.4 Å². The van der Waals surface area contributed by atoms with E-state index < -0.39 is 5.41 Å². The van der Waals surface area contributed by atoms with Crippen LogP contribution in [0, 0.1) is 5.92 Å². The monoisotopic (exact) mass is 587 g/mol. The summed E-state index contributed by atoms with van der Waals surface area (Å²) in [7, 11) is 4.61. The number of carbonyl (C=O) groups is 2. The molecule has 3 aromatic rings. The van der Waals surface area contributed by atoms with Gasteiger partial charge in [0.2, 0.25) is 11.7 Å². The van der Waals surface area contributed by atoms with Gasteiger partial charge in [-0.3, -0.25) is 14.5 Å². The summed E-state index contributed by atoms with van der Waals surface area (Å²) in [5.74, 6) is 1.14. The summed E-state index contributed by atoms with van der Waals surface area (Å²) in [6.07, 6.45) is 1.44. The number of hydrogen-bond donors (Lipinski definition) is 2. The number of nitrogens with two attached hydrogens (primary N) is 1. The van der Waals surface area contributed by atoms with Crippen LogP contribution in [0.15, 0.2) is 66.7 Å². The van der Waals surface area contributed by atoms with Gasteiger partial charge >= 0.3 is 0 Å². The fourth-order valence-corrected chi connectivity index (χ4v) is 7.01. The lowest BCUT2D eigenvalue weighted by Gasteiger charge is -2.49. The van der Waals surface area contributed by atoms with Crippen LogP contribution in [0.1, 0.15) is 47.2 Å². The van der Waals surface area contributed by atoms with Crippen LogP contribution in [0.2, 0.25) is 0 Å². The standard InChI is InChI=1S/C34H41N3O6/c1-22(24-14-16-37(20-24)32(39)25-18-29(41-2)31(43-4)30(19-25)42-3)36-17-15-34(33(35)40,26-8-6-5-7-9-26)28(21-36)23-10-12-27(38)13-11-23/h5-13,18-19,22,24,28,38H,14-17,20-21H2,1-4H3,(H2,35,40). The molecule has 0 bridgehead atoms. The van der Waals surface area contributed by atoms with Gasteiger partial charge in [-0.15, -0.1) is 0 Å². The molecule has 43 heavy (non-hydrogen) atoms. The van der Waals surface area contributed by atoms with Gasteiger partial charge in [-0.05, 0) is 67.6 Å². The topological polar surface area (TPSA) is 115 Å². The summed E-state index contributed by atoms with van der Waals surface area (Å²) in [5, 5.41) is 9.98. The van der Waals surface area contributed by atoms with Crippen molar-refractivity contribution in [1.29, 1.82) is 0 Å². The van der Waals surface area contributed by atoms with E-state index in [4.69, 9.17) is 19.9 Å². The molecule has 2 amide bonds. The van der Waals surface area contributed by atoms with Crippen molar-refractivity contribution in [3.63, 3.8) is 0 Å². The van der Waals surface area contributed by atoms with Gasteiger partial charge < -0.3 is 30.0 Å². The number of nitrogens with zero attached hydrogens (tertiary/aromatic N) is 2. The summed E-state index contributed by atoms with van der Waals surface area (Å²) in [6, 6.07) is 20.5. The average Bonchev–Trinajstić information content (AvgIpc) is 3.54. The third-order valence-electron chi connectivity index (χ3n) is 9.51. The first-order valence-corrected chi connectivity index (χ1v) is 14.7. The van der Waals surface area contributed by atoms with Crippen LogP contribution in [-0.2, 0) is 10.2 Å². The predicted molar refractivity (Wildman–Crippen MR) is 164 cm³/mol. The third-order valence-corrected chi connectivity index (χ3v) is 9.51. The highest BCUT2D eigenvalue weighted by molar-refractivity contribution is 5.96. The number of methoxy groups -OCH3 is 3. The van der Waals surface area contributed by atoms with Crippen LogP contribution in [0.25, 0.3) is 0 Å². The van der Waals surface area contributed by atoms with Crippen LogP contribution in [0.4, 0.5) is 0 Å². The van der Waals surface area contributed by atoms with Gasteiger partial charge in [0.05, 0.1) is 26.7 Å². The zero-order chi connectivity index (χ0) is 30.7. The fraction of sp³-hybridized carbons (Fsp3) is 0.412. The van der Waals surface area contributed by atoms with Gasteiger partial charge in [0.25, 0.3) is 5.91 Å².